The lowest BCUT2D eigenvalue weighted by Crippen LogP contribution is -2.40. The number of hydrogen-bond donors (Lipinski definition) is 2. The van der Waals surface area contributed by atoms with E-state index in [0.717, 1.165) is 0 Å². The molecule has 2 unspecified atom stereocenters. The average Bonchev–Trinajstić information content (AvgIpc) is 2.11. The first-order valence-corrected chi connectivity index (χ1v) is 7.25. The van der Waals surface area contributed by atoms with Gasteiger partial charge in [-0.3, -0.25) is 9.36 Å². The molecule has 0 rings (SSSR count). The first-order chi connectivity index (χ1) is 7.28. The largest absolute Gasteiger partial charge is 0.480 e. The molecule has 0 saturated carbocycles. The van der Waals surface area contributed by atoms with Crippen molar-refractivity contribution >= 4 is 19.2 Å². The maximum absolute atomic E-state index is 11.7. The zero-order valence-electron chi connectivity index (χ0n) is 9.73. The number of amides is 1. The molecule has 0 bridgehead atoms. The summed E-state index contributed by atoms with van der Waals surface area (Å²) in [4.78, 5) is 21.5. The van der Waals surface area contributed by atoms with Crippen LogP contribution in [0.3, 0.4) is 0 Å². The van der Waals surface area contributed by atoms with Crippen LogP contribution in [-0.2, 0) is 18.7 Å². The molecule has 0 heterocycles. The van der Waals surface area contributed by atoms with Gasteiger partial charge in [-0.1, -0.05) is 0 Å². The predicted octanol–water partition coefficient (Wildman–Crippen LogP) is 0.910. The number of aliphatic carboxylic acids is 1. The van der Waals surface area contributed by atoms with E-state index in [1.54, 1.807) is 6.92 Å². The van der Waals surface area contributed by atoms with Gasteiger partial charge in [-0.05, 0) is 13.3 Å². The van der Waals surface area contributed by atoms with E-state index in [-0.39, 0.29) is 12.6 Å². The number of carbonyl (C=O) groups is 2. The molecule has 1 amide bonds. The van der Waals surface area contributed by atoms with Gasteiger partial charge in [0.15, 0.2) is 7.37 Å². The standard InChI is InChI=1S/C9H18NO5P/c1-4-15-16(3,14)6-5-8(9(12)13)10-7(2)11/h8H,4-6H2,1-3H3,(H,10,11)(H,12,13). The Morgan fingerprint density at radius 3 is 2.44 bits per heavy atom. The maximum Gasteiger partial charge on any atom is 0.326 e. The van der Waals surface area contributed by atoms with Crippen LogP contribution in [0.1, 0.15) is 20.3 Å². The van der Waals surface area contributed by atoms with E-state index in [1.165, 1.54) is 13.6 Å². The van der Waals surface area contributed by atoms with E-state index < -0.39 is 25.3 Å². The summed E-state index contributed by atoms with van der Waals surface area (Å²) in [6.45, 7) is 4.75. The van der Waals surface area contributed by atoms with Gasteiger partial charge in [0.05, 0.1) is 6.61 Å². The summed E-state index contributed by atoms with van der Waals surface area (Å²) < 4.78 is 16.7. The second kappa shape index (κ2) is 6.66. The number of rotatable bonds is 7. The summed E-state index contributed by atoms with van der Waals surface area (Å²) in [7, 11) is -2.74. The molecule has 0 spiro atoms. The van der Waals surface area contributed by atoms with Crippen molar-refractivity contribution in [1.82, 2.24) is 5.32 Å². The van der Waals surface area contributed by atoms with Gasteiger partial charge < -0.3 is 14.9 Å². The van der Waals surface area contributed by atoms with Crippen molar-refractivity contribution in [1.29, 1.82) is 0 Å². The van der Waals surface area contributed by atoms with Crippen molar-refractivity contribution in [2.45, 2.75) is 26.3 Å². The average molecular weight is 251 g/mol. The maximum atomic E-state index is 11.7. The fourth-order valence-corrected chi connectivity index (χ4v) is 2.61. The van der Waals surface area contributed by atoms with E-state index in [2.05, 4.69) is 5.32 Å². The van der Waals surface area contributed by atoms with Gasteiger partial charge in [0.25, 0.3) is 0 Å². The Bertz CT molecular complexity index is 304. The smallest absolute Gasteiger partial charge is 0.326 e. The molecule has 0 aliphatic heterocycles. The summed E-state index contributed by atoms with van der Waals surface area (Å²) in [6, 6.07) is -1.01. The summed E-state index contributed by atoms with van der Waals surface area (Å²) >= 11 is 0. The molecule has 0 aliphatic rings. The Balaban J connectivity index is 4.27. The third kappa shape index (κ3) is 6.58. The third-order valence-corrected chi connectivity index (χ3v) is 3.78. The van der Waals surface area contributed by atoms with Crippen molar-refractivity contribution in [3.05, 3.63) is 0 Å². The lowest BCUT2D eigenvalue weighted by Gasteiger charge is -2.16. The first kappa shape index (κ1) is 15.1. The molecule has 16 heavy (non-hydrogen) atoms. The van der Waals surface area contributed by atoms with Crippen LogP contribution in [-0.4, -0.2) is 42.5 Å². The van der Waals surface area contributed by atoms with Crippen LogP contribution in [0.15, 0.2) is 0 Å². The Morgan fingerprint density at radius 2 is 2.06 bits per heavy atom. The Morgan fingerprint density at radius 1 is 1.50 bits per heavy atom. The molecule has 0 aromatic rings. The van der Waals surface area contributed by atoms with Gasteiger partial charge in [-0.2, -0.15) is 0 Å². The topological polar surface area (TPSA) is 92.7 Å². The SMILES string of the molecule is CCOP(C)(=O)CCC(NC(C)=O)C(=O)O. The van der Waals surface area contributed by atoms with Gasteiger partial charge >= 0.3 is 5.97 Å². The fraction of sp³-hybridized carbons (Fsp3) is 0.778. The highest BCUT2D eigenvalue weighted by atomic mass is 31.2. The van der Waals surface area contributed by atoms with Crippen LogP contribution in [0.4, 0.5) is 0 Å². The zero-order valence-corrected chi connectivity index (χ0v) is 10.6. The van der Waals surface area contributed by atoms with Gasteiger partial charge in [0.2, 0.25) is 5.91 Å². The van der Waals surface area contributed by atoms with Crippen molar-refractivity contribution < 1.29 is 23.8 Å². The van der Waals surface area contributed by atoms with Crippen LogP contribution in [0, 0.1) is 0 Å². The molecule has 0 aliphatic carbocycles. The molecular weight excluding hydrogens is 233 g/mol. The number of hydrogen-bond acceptors (Lipinski definition) is 4. The van der Waals surface area contributed by atoms with Gasteiger partial charge in [0, 0.05) is 19.8 Å². The number of nitrogens with one attached hydrogen (secondary N) is 1. The minimum absolute atomic E-state index is 0.0999. The number of carboxylic acids is 1. The molecular formula is C9H18NO5P. The third-order valence-electron chi connectivity index (χ3n) is 1.90. The molecule has 0 fully saturated rings. The summed E-state index contributed by atoms with van der Waals surface area (Å²) in [5, 5.41) is 11.1. The molecule has 2 N–H and O–H groups in total. The highest BCUT2D eigenvalue weighted by molar-refractivity contribution is 7.58. The highest BCUT2D eigenvalue weighted by Gasteiger charge is 2.23. The lowest BCUT2D eigenvalue weighted by molar-refractivity contribution is -0.141. The molecule has 0 aromatic carbocycles. The second-order valence-corrected chi connectivity index (χ2v) is 6.27. The summed E-state index contributed by atoms with van der Waals surface area (Å²) in [5.74, 6) is -1.55. The first-order valence-electron chi connectivity index (χ1n) is 4.99. The van der Waals surface area contributed by atoms with Crippen molar-refractivity contribution in [3.8, 4) is 0 Å². The molecule has 6 nitrogen and oxygen atoms in total. The van der Waals surface area contributed by atoms with Gasteiger partial charge in [0.1, 0.15) is 6.04 Å². The monoisotopic (exact) mass is 251 g/mol. The van der Waals surface area contributed by atoms with Crippen LogP contribution in [0.5, 0.6) is 0 Å². The lowest BCUT2D eigenvalue weighted by atomic mass is 10.2. The van der Waals surface area contributed by atoms with Crippen molar-refractivity contribution in [3.63, 3.8) is 0 Å². The zero-order chi connectivity index (χ0) is 12.8. The van der Waals surface area contributed by atoms with Crippen molar-refractivity contribution in [2.75, 3.05) is 19.4 Å². The van der Waals surface area contributed by atoms with Gasteiger partial charge in [-0.15, -0.1) is 0 Å². The molecule has 2 atom stereocenters. The number of carboxylic acid groups (broad SMARTS) is 1. The molecule has 0 radical (unpaired) electrons. The summed E-state index contributed by atoms with van der Waals surface area (Å²) in [6.07, 6.45) is 0.237. The second-order valence-electron chi connectivity index (χ2n) is 3.54. The van der Waals surface area contributed by atoms with Crippen LogP contribution >= 0.6 is 7.37 Å². The molecule has 7 heteroatoms. The van der Waals surface area contributed by atoms with Crippen LogP contribution in [0.25, 0.3) is 0 Å². The van der Waals surface area contributed by atoms with Crippen LogP contribution in [0.2, 0.25) is 0 Å². The predicted molar refractivity (Wildman–Crippen MR) is 59.9 cm³/mol. The minimum Gasteiger partial charge on any atom is -0.480 e. The highest BCUT2D eigenvalue weighted by Crippen LogP contribution is 2.43. The van der Waals surface area contributed by atoms with E-state index in [4.69, 9.17) is 9.63 Å². The Kier molecular flexibility index (Phi) is 6.29. The van der Waals surface area contributed by atoms with E-state index in [9.17, 15) is 14.2 Å². The Hall–Kier alpha value is -0.870. The Labute approximate surface area is 94.8 Å². The van der Waals surface area contributed by atoms with E-state index >= 15 is 0 Å². The summed E-state index contributed by atoms with van der Waals surface area (Å²) in [5.41, 5.74) is 0. The van der Waals surface area contributed by atoms with Gasteiger partial charge in [-0.25, -0.2) is 4.79 Å². The molecule has 0 saturated heterocycles. The van der Waals surface area contributed by atoms with Crippen LogP contribution < -0.4 is 5.32 Å². The van der Waals surface area contributed by atoms with E-state index in [0.29, 0.717) is 6.61 Å². The normalized spacial score (nSPS) is 16.2. The minimum atomic E-state index is -2.74. The molecule has 0 aromatic heterocycles. The quantitative estimate of drug-likeness (QED) is 0.656. The fourth-order valence-electron chi connectivity index (χ4n) is 1.20. The van der Waals surface area contributed by atoms with E-state index in [1.807, 2.05) is 0 Å². The van der Waals surface area contributed by atoms with Crippen molar-refractivity contribution in [2.24, 2.45) is 0 Å². The number of carbonyl (C=O) groups excluding carboxylic acids is 1. The molecule has 94 valence electrons.